The van der Waals surface area contributed by atoms with Gasteiger partial charge in [0.15, 0.2) is 11.8 Å². The van der Waals surface area contributed by atoms with Crippen LogP contribution in [-0.2, 0) is 19.9 Å². The molecule has 4 rings (SSSR count). The summed E-state index contributed by atoms with van der Waals surface area (Å²) >= 11 is 0. The standard InChI is InChI=1S/C16H15NO5S/c1-9-2-4-11(5-3-9)23(20,21)22-16-7-6-10(8-16)12-13(16)15(19)17-14(12)18/h2-7,10,17-19H,8H2,1H3. The Hall–Kier alpha value is -2.25. The van der Waals surface area contributed by atoms with Gasteiger partial charge in [-0.2, -0.15) is 8.42 Å². The maximum atomic E-state index is 12.6. The maximum absolute atomic E-state index is 12.6. The predicted molar refractivity (Wildman–Crippen MR) is 81.7 cm³/mol. The van der Waals surface area contributed by atoms with Crippen LogP contribution in [-0.4, -0.2) is 23.6 Å². The van der Waals surface area contributed by atoms with Crippen LogP contribution in [0.15, 0.2) is 41.3 Å². The molecule has 0 amide bonds. The Morgan fingerprint density at radius 1 is 1.22 bits per heavy atom. The van der Waals surface area contributed by atoms with Gasteiger partial charge in [0.05, 0.1) is 10.5 Å². The molecule has 23 heavy (non-hydrogen) atoms. The number of hydrogen-bond acceptors (Lipinski definition) is 5. The van der Waals surface area contributed by atoms with E-state index in [1.54, 1.807) is 24.3 Å². The molecule has 2 aliphatic carbocycles. The van der Waals surface area contributed by atoms with Gasteiger partial charge in [-0.05, 0) is 31.6 Å². The summed E-state index contributed by atoms with van der Waals surface area (Å²) in [5.74, 6) is -0.580. The lowest BCUT2D eigenvalue weighted by Crippen LogP contribution is -2.27. The van der Waals surface area contributed by atoms with Crippen molar-refractivity contribution in [2.24, 2.45) is 0 Å². The number of aromatic nitrogens is 1. The van der Waals surface area contributed by atoms with Crippen molar-refractivity contribution in [3.63, 3.8) is 0 Å². The first kappa shape index (κ1) is 14.3. The number of hydrogen-bond donors (Lipinski definition) is 3. The number of allylic oxidation sites excluding steroid dienone is 1. The smallest absolute Gasteiger partial charge is 0.298 e. The molecule has 2 aliphatic rings. The number of rotatable bonds is 3. The predicted octanol–water partition coefficient (Wildman–Crippen LogP) is 2.39. The summed E-state index contributed by atoms with van der Waals surface area (Å²) in [4.78, 5) is 2.49. The van der Waals surface area contributed by atoms with Crippen LogP contribution >= 0.6 is 0 Å². The molecule has 0 fully saturated rings. The van der Waals surface area contributed by atoms with Crippen molar-refractivity contribution in [3.8, 4) is 11.8 Å². The zero-order valence-electron chi connectivity index (χ0n) is 12.3. The van der Waals surface area contributed by atoms with Gasteiger partial charge in [-0.25, -0.2) is 0 Å². The molecular formula is C16H15NO5S. The Morgan fingerprint density at radius 3 is 2.61 bits per heavy atom. The molecule has 7 heteroatoms. The molecule has 1 aromatic heterocycles. The molecule has 1 aromatic carbocycles. The molecular weight excluding hydrogens is 318 g/mol. The molecule has 1 heterocycles. The van der Waals surface area contributed by atoms with E-state index < -0.39 is 15.7 Å². The second-order valence-corrected chi connectivity index (χ2v) is 7.57. The first-order chi connectivity index (χ1) is 10.8. The molecule has 120 valence electrons. The second kappa shape index (κ2) is 4.39. The van der Waals surface area contributed by atoms with Gasteiger partial charge < -0.3 is 10.2 Å². The molecule has 2 bridgehead atoms. The average Bonchev–Trinajstić information content (AvgIpc) is 3.10. The highest BCUT2D eigenvalue weighted by molar-refractivity contribution is 7.86. The summed E-state index contributed by atoms with van der Waals surface area (Å²) in [6.45, 7) is 1.87. The molecule has 2 atom stereocenters. The van der Waals surface area contributed by atoms with E-state index in [0.29, 0.717) is 17.5 Å². The van der Waals surface area contributed by atoms with Crippen molar-refractivity contribution < 1.29 is 22.8 Å². The number of aromatic amines is 1. The summed E-state index contributed by atoms with van der Waals surface area (Å²) in [5, 5.41) is 19.9. The lowest BCUT2D eigenvalue weighted by atomic mass is 9.98. The van der Waals surface area contributed by atoms with E-state index in [2.05, 4.69) is 4.98 Å². The van der Waals surface area contributed by atoms with Crippen LogP contribution in [0.25, 0.3) is 0 Å². The molecule has 2 aromatic rings. The third-order valence-electron chi connectivity index (χ3n) is 4.48. The first-order valence-corrected chi connectivity index (χ1v) is 8.59. The Balaban J connectivity index is 1.78. The van der Waals surface area contributed by atoms with E-state index in [1.165, 1.54) is 12.1 Å². The Kier molecular flexibility index (Phi) is 2.74. The first-order valence-electron chi connectivity index (χ1n) is 7.18. The van der Waals surface area contributed by atoms with E-state index in [0.717, 1.165) is 5.56 Å². The highest BCUT2D eigenvalue weighted by Gasteiger charge is 2.53. The molecule has 0 spiro atoms. The monoisotopic (exact) mass is 333 g/mol. The Morgan fingerprint density at radius 2 is 1.91 bits per heavy atom. The number of H-pyrrole nitrogens is 1. The molecule has 0 radical (unpaired) electrons. The maximum Gasteiger partial charge on any atom is 0.298 e. The summed E-state index contributed by atoms with van der Waals surface area (Å²) in [6.07, 6.45) is 3.78. The van der Waals surface area contributed by atoms with E-state index in [4.69, 9.17) is 4.18 Å². The largest absolute Gasteiger partial charge is 0.494 e. The van der Waals surface area contributed by atoms with Gasteiger partial charge in [-0.1, -0.05) is 23.8 Å². The lowest BCUT2D eigenvalue weighted by molar-refractivity contribution is 0.132. The molecule has 2 unspecified atom stereocenters. The van der Waals surface area contributed by atoms with Gasteiger partial charge in [0, 0.05) is 11.5 Å². The van der Waals surface area contributed by atoms with E-state index in [-0.39, 0.29) is 22.6 Å². The van der Waals surface area contributed by atoms with Gasteiger partial charge >= 0.3 is 0 Å². The van der Waals surface area contributed by atoms with Gasteiger partial charge in [-0.15, -0.1) is 0 Å². The van der Waals surface area contributed by atoms with Crippen LogP contribution in [0.5, 0.6) is 11.8 Å². The van der Waals surface area contributed by atoms with E-state index >= 15 is 0 Å². The van der Waals surface area contributed by atoms with Crippen molar-refractivity contribution in [2.75, 3.05) is 0 Å². The summed E-state index contributed by atoms with van der Waals surface area (Å²) < 4.78 is 30.7. The Bertz CT molecular complexity index is 926. The van der Waals surface area contributed by atoms with Crippen LogP contribution in [0.1, 0.15) is 29.0 Å². The normalized spacial score (nSPS) is 25.0. The number of aryl methyl sites for hydroxylation is 1. The van der Waals surface area contributed by atoms with Crippen LogP contribution in [0, 0.1) is 6.92 Å². The number of benzene rings is 1. The molecule has 0 aliphatic heterocycles. The highest BCUT2D eigenvalue weighted by atomic mass is 32.2. The van der Waals surface area contributed by atoms with Crippen LogP contribution in [0.2, 0.25) is 0 Å². The van der Waals surface area contributed by atoms with E-state index in [9.17, 15) is 18.6 Å². The van der Waals surface area contributed by atoms with Gasteiger partial charge in [-0.3, -0.25) is 9.17 Å². The second-order valence-electron chi connectivity index (χ2n) is 6.02. The molecule has 6 nitrogen and oxygen atoms in total. The molecule has 0 saturated carbocycles. The fourth-order valence-corrected chi connectivity index (χ4v) is 4.61. The third kappa shape index (κ3) is 1.93. The number of aromatic hydroxyl groups is 2. The minimum Gasteiger partial charge on any atom is -0.494 e. The minimum absolute atomic E-state index is 0.0574. The highest BCUT2D eigenvalue weighted by Crippen LogP contribution is 2.59. The topological polar surface area (TPSA) is 99.6 Å². The Labute approximate surface area is 133 Å². The minimum atomic E-state index is -4.01. The summed E-state index contributed by atoms with van der Waals surface area (Å²) in [6, 6.07) is 6.37. The number of nitrogens with one attached hydrogen (secondary N) is 1. The van der Waals surface area contributed by atoms with Gasteiger partial charge in [0.2, 0.25) is 0 Å². The SMILES string of the molecule is Cc1ccc(S(=O)(=O)OC23C=CC(C2)c2c(O)[nH]c(O)c23)cc1. The fourth-order valence-electron chi connectivity index (χ4n) is 3.45. The van der Waals surface area contributed by atoms with E-state index in [1.807, 2.05) is 6.92 Å². The average molecular weight is 333 g/mol. The third-order valence-corrected chi connectivity index (χ3v) is 5.85. The van der Waals surface area contributed by atoms with Gasteiger partial charge in [0.1, 0.15) is 5.60 Å². The quantitative estimate of drug-likeness (QED) is 0.591. The van der Waals surface area contributed by atoms with Crippen molar-refractivity contribution in [1.29, 1.82) is 0 Å². The molecule has 3 N–H and O–H groups in total. The van der Waals surface area contributed by atoms with Crippen molar-refractivity contribution in [3.05, 3.63) is 53.1 Å². The lowest BCUT2D eigenvalue weighted by Gasteiger charge is -2.24. The van der Waals surface area contributed by atoms with Gasteiger partial charge in [0.25, 0.3) is 10.1 Å². The van der Waals surface area contributed by atoms with Crippen LogP contribution in [0.4, 0.5) is 0 Å². The zero-order chi connectivity index (χ0) is 16.4. The zero-order valence-corrected chi connectivity index (χ0v) is 13.1. The van der Waals surface area contributed by atoms with Crippen molar-refractivity contribution in [1.82, 2.24) is 4.98 Å². The summed E-state index contributed by atoms with van der Waals surface area (Å²) in [5.41, 5.74) is 0.479. The number of fused-ring (bicyclic) bond motifs is 5. The summed E-state index contributed by atoms with van der Waals surface area (Å²) in [7, 11) is -4.01. The van der Waals surface area contributed by atoms with Crippen molar-refractivity contribution >= 4 is 10.1 Å². The van der Waals surface area contributed by atoms with Crippen molar-refractivity contribution in [2.45, 2.75) is 29.8 Å². The van der Waals surface area contributed by atoms with Crippen LogP contribution < -0.4 is 0 Å². The fraction of sp³-hybridized carbons (Fsp3) is 0.250. The van der Waals surface area contributed by atoms with Crippen LogP contribution in [0.3, 0.4) is 0 Å². The molecule has 0 saturated heterocycles.